The van der Waals surface area contributed by atoms with E-state index in [4.69, 9.17) is 21.1 Å². The van der Waals surface area contributed by atoms with Gasteiger partial charge in [0.1, 0.15) is 0 Å². The number of ether oxygens (including phenoxy) is 2. The molecule has 0 saturated carbocycles. The summed E-state index contributed by atoms with van der Waals surface area (Å²) in [6.45, 7) is 8.45. The predicted molar refractivity (Wildman–Crippen MR) is 98.5 cm³/mol. The molecule has 130 valence electrons. The van der Waals surface area contributed by atoms with E-state index in [1.54, 1.807) is 7.11 Å². The van der Waals surface area contributed by atoms with Crippen LogP contribution < -0.4 is 20.1 Å². The van der Waals surface area contributed by atoms with Crippen LogP contribution in [0, 0.1) is 0 Å². The Labute approximate surface area is 151 Å². The largest absolute Gasteiger partial charge is 0.491 e. The molecule has 22 heavy (non-hydrogen) atoms. The minimum absolute atomic E-state index is 0. The summed E-state index contributed by atoms with van der Waals surface area (Å²) in [7, 11) is 1.60. The Morgan fingerprint density at radius 1 is 1.09 bits per heavy atom. The van der Waals surface area contributed by atoms with Gasteiger partial charge < -0.3 is 20.1 Å². The average molecular weight is 374 g/mol. The quantitative estimate of drug-likeness (QED) is 0.614. The van der Waals surface area contributed by atoms with E-state index < -0.39 is 0 Å². The molecule has 1 aromatic carbocycles. The van der Waals surface area contributed by atoms with Crippen LogP contribution in [0.3, 0.4) is 0 Å². The summed E-state index contributed by atoms with van der Waals surface area (Å²) in [5.74, 6) is 1.30. The number of hydrogen-bond donors (Lipinski definition) is 2. The molecule has 0 atom stereocenters. The Bertz CT molecular complexity index is 407. The van der Waals surface area contributed by atoms with E-state index in [0.29, 0.717) is 23.1 Å². The van der Waals surface area contributed by atoms with Gasteiger partial charge in [0.15, 0.2) is 11.5 Å². The van der Waals surface area contributed by atoms with Crippen LogP contribution in [0.5, 0.6) is 11.5 Å². The van der Waals surface area contributed by atoms with E-state index in [2.05, 4.69) is 17.6 Å². The molecule has 1 aromatic rings. The first kappa shape index (κ1) is 23.9. The third kappa shape index (κ3) is 8.30. The first-order chi connectivity index (χ1) is 9.72. The summed E-state index contributed by atoms with van der Waals surface area (Å²) in [6, 6.07) is 3.89. The molecule has 0 radical (unpaired) electrons. The summed E-state index contributed by atoms with van der Waals surface area (Å²) >= 11 is 6.21. The molecule has 2 N–H and O–H groups in total. The highest BCUT2D eigenvalue weighted by Gasteiger charge is 2.11. The van der Waals surface area contributed by atoms with Gasteiger partial charge in [0.25, 0.3) is 0 Å². The standard InChI is InChI=1S/C15H25ClN2O2.2ClH/c1-4-17-7-6-8-18-11-12-9-13(16)15(19-3)14(10-12)20-5-2;;/h9-10,17-18H,4-8,11H2,1-3H3;2*1H. The molecule has 1 rings (SSSR count). The zero-order chi connectivity index (χ0) is 14.8. The number of rotatable bonds is 10. The Morgan fingerprint density at radius 3 is 2.36 bits per heavy atom. The fraction of sp³-hybridized carbons (Fsp3) is 0.600. The second kappa shape index (κ2) is 14.2. The number of benzene rings is 1. The second-order valence-corrected chi connectivity index (χ2v) is 4.83. The van der Waals surface area contributed by atoms with Crippen LogP contribution in [0.1, 0.15) is 25.8 Å². The van der Waals surface area contributed by atoms with Gasteiger partial charge in [-0.1, -0.05) is 18.5 Å². The lowest BCUT2D eigenvalue weighted by Gasteiger charge is -2.13. The van der Waals surface area contributed by atoms with Gasteiger partial charge >= 0.3 is 0 Å². The van der Waals surface area contributed by atoms with Gasteiger partial charge in [-0.15, -0.1) is 24.8 Å². The van der Waals surface area contributed by atoms with Crippen LogP contribution in [-0.4, -0.2) is 33.4 Å². The Balaban J connectivity index is 0. The number of methoxy groups -OCH3 is 1. The smallest absolute Gasteiger partial charge is 0.179 e. The van der Waals surface area contributed by atoms with Gasteiger partial charge in [0, 0.05) is 6.54 Å². The summed E-state index contributed by atoms with van der Waals surface area (Å²) in [5.41, 5.74) is 1.10. The molecule has 0 saturated heterocycles. The molecular weight excluding hydrogens is 347 g/mol. The monoisotopic (exact) mass is 372 g/mol. The van der Waals surface area contributed by atoms with Crippen molar-refractivity contribution in [2.24, 2.45) is 0 Å². The summed E-state index contributed by atoms with van der Waals surface area (Å²) < 4.78 is 10.8. The molecule has 0 aliphatic rings. The van der Waals surface area contributed by atoms with Gasteiger partial charge in [-0.2, -0.15) is 0 Å². The van der Waals surface area contributed by atoms with E-state index in [1.807, 2.05) is 19.1 Å². The zero-order valence-electron chi connectivity index (χ0n) is 13.4. The Kier molecular flexibility index (Phi) is 15.4. The Hall–Kier alpha value is -0.390. The van der Waals surface area contributed by atoms with Crippen LogP contribution in [0.4, 0.5) is 0 Å². The topological polar surface area (TPSA) is 42.5 Å². The van der Waals surface area contributed by atoms with Crippen molar-refractivity contribution in [2.45, 2.75) is 26.8 Å². The minimum atomic E-state index is 0. The number of hydrogen-bond acceptors (Lipinski definition) is 4. The zero-order valence-corrected chi connectivity index (χ0v) is 15.8. The molecule has 0 unspecified atom stereocenters. The van der Waals surface area contributed by atoms with Crippen molar-refractivity contribution in [3.63, 3.8) is 0 Å². The molecule has 4 nitrogen and oxygen atoms in total. The van der Waals surface area contributed by atoms with Crippen LogP contribution >= 0.6 is 36.4 Å². The van der Waals surface area contributed by atoms with Crippen molar-refractivity contribution < 1.29 is 9.47 Å². The summed E-state index contributed by atoms with van der Waals surface area (Å²) in [5, 5.41) is 7.28. The Morgan fingerprint density at radius 2 is 1.77 bits per heavy atom. The number of nitrogens with one attached hydrogen (secondary N) is 2. The second-order valence-electron chi connectivity index (χ2n) is 4.43. The van der Waals surface area contributed by atoms with E-state index in [1.165, 1.54) is 0 Å². The van der Waals surface area contributed by atoms with Crippen molar-refractivity contribution in [1.29, 1.82) is 0 Å². The third-order valence-corrected chi connectivity index (χ3v) is 3.14. The van der Waals surface area contributed by atoms with Gasteiger partial charge in [0.05, 0.1) is 18.7 Å². The van der Waals surface area contributed by atoms with Gasteiger partial charge in [-0.05, 0) is 50.7 Å². The lowest BCUT2D eigenvalue weighted by Crippen LogP contribution is -2.21. The maximum absolute atomic E-state index is 6.21. The molecule has 0 bridgehead atoms. The number of halogens is 3. The van der Waals surface area contributed by atoms with Crippen molar-refractivity contribution in [3.05, 3.63) is 22.7 Å². The van der Waals surface area contributed by atoms with Crippen LogP contribution in [0.15, 0.2) is 12.1 Å². The highest BCUT2D eigenvalue weighted by Crippen LogP contribution is 2.36. The lowest BCUT2D eigenvalue weighted by molar-refractivity contribution is 0.310. The van der Waals surface area contributed by atoms with Crippen molar-refractivity contribution in [3.8, 4) is 11.5 Å². The molecule has 0 fully saturated rings. The third-order valence-electron chi connectivity index (χ3n) is 2.86. The molecule has 0 spiro atoms. The highest BCUT2D eigenvalue weighted by molar-refractivity contribution is 6.32. The summed E-state index contributed by atoms with van der Waals surface area (Å²) in [6.07, 6.45) is 1.11. The van der Waals surface area contributed by atoms with E-state index in [9.17, 15) is 0 Å². The van der Waals surface area contributed by atoms with E-state index in [0.717, 1.165) is 38.2 Å². The molecular formula is C15H27Cl3N2O2. The normalized spacial score (nSPS) is 9.64. The van der Waals surface area contributed by atoms with Gasteiger partial charge in [0.2, 0.25) is 0 Å². The van der Waals surface area contributed by atoms with Gasteiger partial charge in [-0.3, -0.25) is 0 Å². The predicted octanol–water partition coefficient (Wildman–Crippen LogP) is 3.68. The molecule has 0 heterocycles. The van der Waals surface area contributed by atoms with Crippen molar-refractivity contribution >= 4 is 36.4 Å². The minimum Gasteiger partial charge on any atom is -0.491 e. The van der Waals surface area contributed by atoms with Crippen LogP contribution in [0.25, 0.3) is 0 Å². The van der Waals surface area contributed by atoms with Crippen molar-refractivity contribution in [1.82, 2.24) is 10.6 Å². The molecule has 7 heteroatoms. The van der Waals surface area contributed by atoms with Crippen molar-refractivity contribution in [2.75, 3.05) is 33.4 Å². The van der Waals surface area contributed by atoms with Crippen LogP contribution in [-0.2, 0) is 6.54 Å². The fourth-order valence-electron chi connectivity index (χ4n) is 1.93. The maximum atomic E-state index is 6.21. The van der Waals surface area contributed by atoms with Gasteiger partial charge in [-0.25, -0.2) is 0 Å². The molecule has 0 aromatic heterocycles. The van der Waals surface area contributed by atoms with Crippen LogP contribution in [0.2, 0.25) is 5.02 Å². The van der Waals surface area contributed by atoms with E-state index >= 15 is 0 Å². The fourth-order valence-corrected chi connectivity index (χ4v) is 2.24. The SMILES string of the molecule is CCNCCCNCc1cc(Cl)c(OC)c(OCC)c1.Cl.Cl. The first-order valence-electron chi connectivity index (χ1n) is 7.13. The first-order valence-corrected chi connectivity index (χ1v) is 7.51. The summed E-state index contributed by atoms with van der Waals surface area (Å²) in [4.78, 5) is 0. The molecule has 0 aliphatic carbocycles. The average Bonchev–Trinajstić information content (AvgIpc) is 2.43. The highest BCUT2D eigenvalue weighted by atomic mass is 35.5. The maximum Gasteiger partial charge on any atom is 0.179 e. The molecule has 0 amide bonds. The lowest BCUT2D eigenvalue weighted by atomic mass is 10.2. The van der Waals surface area contributed by atoms with E-state index in [-0.39, 0.29) is 24.8 Å². The molecule has 0 aliphatic heterocycles.